The second kappa shape index (κ2) is 4.62. The Labute approximate surface area is 77.3 Å². The average Bonchev–Trinajstić information content (AvgIpc) is 2.18. The van der Waals surface area contributed by atoms with Gasteiger partial charge in [-0.3, -0.25) is 0 Å². The summed E-state index contributed by atoms with van der Waals surface area (Å²) in [5.74, 6) is -0.326. The minimum atomic E-state index is -0.326. The van der Waals surface area contributed by atoms with Crippen LogP contribution in [0.5, 0.6) is 0 Å². The molecule has 1 aromatic rings. The molecular weight excluding hydrogens is 168 g/mol. The highest BCUT2D eigenvalue weighted by Gasteiger charge is 2.09. The number of methoxy groups -OCH3 is 2. The van der Waals surface area contributed by atoms with Crippen molar-refractivity contribution >= 4 is 5.97 Å². The van der Waals surface area contributed by atoms with E-state index in [0.29, 0.717) is 12.2 Å². The van der Waals surface area contributed by atoms with Crippen LogP contribution < -0.4 is 0 Å². The summed E-state index contributed by atoms with van der Waals surface area (Å²) in [5.41, 5.74) is 1.41. The summed E-state index contributed by atoms with van der Waals surface area (Å²) in [7, 11) is 2.96. The first kappa shape index (κ1) is 9.74. The molecule has 0 aromatic heterocycles. The van der Waals surface area contributed by atoms with Crippen LogP contribution in [0.25, 0.3) is 0 Å². The number of hydrogen-bond acceptors (Lipinski definition) is 3. The number of esters is 1. The van der Waals surface area contributed by atoms with Gasteiger partial charge in [0.15, 0.2) is 0 Å². The Bertz CT molecular complexity index is 294. The first-order valence-electron chi connectivity index (χ1n) is 3.94. The zero-order chi connectivity index (χ0) is 9.68. The highest BCUT2D eigenvalue weighted by Crippen LogP contribution is 2.10. The maximum absolute atomic E-state index is 11.2. The van der Waals surface area contributed by atoms with Crippen LogP contribution in [0.15, 0.2) is 24.3 Å². The molecule has 0 unspecified atom stereocenters. The maximum atomic E-state index is 11.2. The van der Waals surface area contributed by atoms with Crippen molar-refractivity contribution in [2.24, 2.45) is 0 Å². The van der Waals surface area contributed by atoms with E-state index in [1.165, 1.54) is 7.11 Å². The predicted molar refractivity (Wildman–Crippen MR) is 48.5 cm³/mol. The van der Waals surface area contributed by atoms with Gasteiger partial charge in [0.1, 0.15) is 0 Å². The van der Waals surface area contributed by atoms with E-state index in [1.54, 1.807) is 19.2 Å². The molecule has 0 N–H and O–H groups in total. The van der Waals surface area contributed by atoms with Crippen molar-refractivity contribution in [2.45, 2.75) is 6.61 Å². The molecule has 3 nitrogen and oxygen atoms in total. The van der Waals surface area contributed by atoms with Gasteiger partial charge in [0.05, 0.1) is 19.3 Å². The summed E-state index contributed by atoms with van der Waals surface area (Å²) in [4.78, 5) is 11.2. The lowest BCUT2D eigenvalue weighted by atomic mass is 10.1. The fraction of sp³-hybridized carbons (Fsp3) is 0.300. The van der Waals surface area contributed by atoms with Crippen molar-refractivity contribution in [1.82, 2.24) is 0 Å². The zero-order valence-corrected chi connectivity index (χ0v) is 7.74. The van der Waals surface area contributed by atoms with E-state index in [4.69, 9.17) is 4.74 Å². The van der Waals surface area contributed by atoms with Gasteiger partial charge in [-0.25, -0.2) is 4.79 Å². The van der Waals surface area contributed by atoms with Gasteiger partial charge in [-0.1, -0.05) is 18.2 Å². The quantitative estimate of drug-likeness (QED) is 0.663. The van der Waals surface area contributed by atoms with Crippen LogP contribution in [0, 0.1) is 0 Å². The predicted octanol–water partition coefficient (Wildman–Crippen LogP) is 1.62. The first-order chi connectivity index (χ1) is 6.29. The Kier molecular flexibility index (Phi) is 3.46. The molecule has 0 saturated heterocycles. The Balaban J connectivity index is 2.97. The Morgan fingerprint density at radius 3 is 2.62 bits per heavy atom. The second-order valence-corrected chi connectivity index (χ2v) is 2.58. The van der Waals surface area contributed by atoms with E-state index in [-0.39, 0.29) is 5.97 Å². The third-order valence-electron chi connectivity index (χ3n) is 1.72. The van der Waals surface area contributed by atoms with Gasteiger partial charge in [-0.15, -0.1) is 0 Å². The normalized spacial score (nSPS) is 9.69. The Hall–Kier alpha value is -1.35. The summed E-state index contributed by atoms with van der Waals surface area (Å²) >= 11 is 0. The molecule has 0 saturated carbocycles. The van der Waals surface area contributed by atoms with Crippen LogP contribution in [0.3, 0.4) is 0 Å². The summed E-state index contributed by atoms with van der Waals surface area (Å²) in [5, 5.41) is 0. The number of rotatable bonds is 3. The highest BCUT2D eigenvalue weighted by atomic mass is 16.5. The highest BCUT2D eigenvalue weighted by molar-refractivity contribution is 5.90. The summed E-state index contributed by atoms with van der Waals surface area (Å²) in [6.45, 7) is 0.422. The van der Waals surface area contributed by atoms with Gasteiger partial charge in [-0.05, 0) is 11.6 Å². The third kappa shape index (κ3) is 2.29. The van der Waals surface area contributed by atoms with Gasteiger partial charge < -0.3 is 9.47 Å². The molecule has 3 heteroatoms. The van der Waals surface area contributed by atoms with Crippen molar-refractivity contribution in [2.75, 3.05) is 14.2 Å². The van der Waals surface area contributed by atoms with Crippen LogP contribution in [-0.4, -0.2) is 20.2 Å². The molecule has 0 heterocycles. The van der Waals surface area contributed by atoms with Crippen molar-refractivity contribution in [3.8, 4) is 0 Å². The number of benzene rings is 1. The molecule has 0 aliphatic carbocycles. The fourth-order valence-electron chi connectivity index (χ4n) is 1.11. The van der Waals surface area contributed by atoms with Gasteiger partial charge in [-0.2, -0.15) is 0 Å². The van der Waals surface area contributed by atoms with E-state index >= 15 is 0 Å². The van der Waals surface area contributed by atoms with Gasteiger partial charge in [0.2, 0.25) is 0 Å². The largest absolute Gasteiger partial charge is 0.465 e. The molecule has 1 aromatic carbocycles. The number of carbonyl (C=O) groups is 1. The molecule has 0 bridgehead atoms. The number of carbonyl (C=O) groups excluding carboxylic acids is 1. The lowest BCUT2D eigenvalue weighted by molar-refractivity contribution is 0.0596. The fourth-order valence-corrected chi connectivity index (χ4v) is 1.11. The van der Waals surface area contributed by atoms with Crippen LogP contribution in [0.2, 0.25) is 0 Å². The van der Waals surface area contributed by atoms with Crippen LogP contribution in [0.1, 0.15) is 15.9 Å². The topological polar surface area (TPSA) is 35.5 Å². The minimum absolute atomic E-state index is 0.326. The second-order valence-electron chi connectivity index (χ2n) is 2.58. The SMILES string of the molecule is COCc1ccccc1C(=O)OC. The molecular formula is C10H12O3. The summed E-state index contributed by atoms with van der Waals surface area (Å²) < 4.78 is 9.58. The molecule has 0 fully saturated rings. The molecule has 0 amide bonds. The Morgan fingerprint density at radius 1 is 1.31 bits per heavy atom. The summed E-state index contributed by atoms with van der Waals surface area (Å²) in [6, 6.07) is 7.22. The molecule has 0 atom stereocenters. The van der Waals surface area contributed by atoms with Crippen molar-refractivity contribution < 1.29 is 14.3 Å². The zero-order valence-electron chi connectivity index (χ0n) is 7.74. The van der Waals surface area contributed by atoms with E-state index in [9.17, 15) is 4.79 Å². The molecule has 0 radical (unpaired) electrons. The molecule has 0 spiro atoms. The van der Waals surface area contributed by atoms with E-state index in [0.717, 1.165) is 5.56 Å². The third-order valence-corrected chi connectivity index (χ3v) is 1.72. The van der Waals surface area contributed by atoms with E-state index < -0.39 is 0 Å². The lowest BCUT2D eigenvalue weighted by Gasteiger charge is -2.05. The lowest BCUT2D eigenvalue weighted by Crippen LogP contribution is -2.05. The van der Waals surface area contributed by atoms with Gasteiger partial charge in [0, 0.05) is 7.11 Å². The van der Waals surface area contributed by atoms with E-state index in [2.05, 4.69) is 4.74 Å². The van der Waals surface area contributed by atoms with Crippen LogP contribution in [0.4, 0.5) is 0 Å². The number of ether oxygens (including phenoxy) is 2. The van der Waals surface area contributed by atoms with Crippen LogP contribution in [-0.2, 0) is 16.1 Å². The van der Waals surface area contributed by atoms with Gasteiger partial charge in [0.25, 0.3) is 0 Å². The molecule has 13 heavy (non-hydrogen) atoms. The van der Waals surface area contributed by atoms with Crippen molar-refractivity contribution in [3.05, 3.63) is 35.4 Å². The van der Waals surface area contributed by atoms with Crippen LogP contribution >= 0.6 is 0 Å². The molecule has 1 rings (SSSR count). The van der Waals surface area contributed by atoms with Crippen molar-refractivity contribution in [3.63, 3.8) is 0 Å². The van der Waals surface area contributed by atoms with E-state index in [1.807, 2.05) is 12.1 Å². The molecule has 70 valence electrons. The van der Waals surface area contributed by atoms with Crippen molar-refractivity contribution in [1.29, 1.82) is 0 Å². The maximum Gasteiger partial charge on any atom is 0.338 e. The number of hydrogen-bond donors (Lipinski definition) is 0. The Morgan fingerprint density at radius 2 is 2.00 bits per heavy atom. The average molecular weight is 180 g/mol. The minimum Gasteiger partial charge on any atom is -0.465 e. The smallest absolute Gasteiger partial charge is 0.338 e. The summed E-state index contributed by atoms with van der Waals surface area (Å²) in [6.07, 6.45) is 0. The monoisotopic (exact) mass is 180 g/mol. The van der Waals surface area contributed by atoms with Gasteiger partial charge >= 0.3 is 5.97 Å². The standard InChI is InChI=1S/C10H12O3/c1-12-7-8-5-3-4-6-9(8)10(11)13-2/h3-6H,7H2,1-2H3. The molecule has 0 aliphatic heterocycles. The first-order valence-corrected chi connectivity index (χ1v) is 3.94. The molecule has 0 aliphatic rings.